The van der Waals surface area contributed by atoms with Crippen molar-refractivity contribution in [2.24, 2.45) is 0 Å². The van der Waals surface area contributed by atoms with E-state index in [1.54, 1.807) is 0 Å². The van der Waals surface area contributed by atoms with Crippen molar-refractivity contribution in [1.82, 2.24) is 0 Å². The maximum Gasteiger partial charge on any atom is 0.0663 e. The molecule has 2 aliphatic heterocycles. The zero-order chi connectivity index (χ0) is 13.7. The van der Waals surface area contributed by atoms with Gasteiger partial charge in [-0.05, 0) is 51.3 Å². The average Bonchev–Trinajstić information content (AvgIpc) is 2.40. The molecule has 0 fully saturated rings. The fourth-order valence-corrected chi connectivity index (χ4v) is 3.01. The molecule has 1 aromatic rings. The summed E-state index contributed by atoms with van der Waals surface area (Å²) in [6.07, 6.45) is 0. The van der Waals surface area contributed by atoms with Gasteiger partial charge in [-0.1, -0.05) is 17.7 Å². The van der Waals surface area contributed by atoms with Crippen LogP contribution in [-0.4, -0.2) is 12.6 Å². The Morgan fingerprint density at radius 2 is 1.58 bits per heavy atom. The molecule has 2 N–H and O–H groups in total. The molecule has 2 aliphatic rings. The summed E-state index contributed by atoms with van der Waals surface area (Å²) in [5, 5.41) is 7.24. The Bertz CT molecular complexity index is 620. The smallest absolute Gasteiger partial charge is 0.0663 e. The quantitative estimate of drug-likeness (QED) is 0.711. The van der Waals surface area contributed by atoms with E-state index >= 15 is 0 Å². The third kappa shape index (κ3) is 1.70. The first-order chi connectivity index (χ1) is 9.00. The highest BCUT2D eigenvalue weighted by molar-refractivity contribution is 5.95. The van der Waals surface area contributed by atoms with Crippen molar-refractivity contribution in [3.8, 4) is 0 Å². The predicted octanol–water partition coefficient (Wildman–Crippen LogP) is 4.51. The van der Waals surface area contributed by atoms with Gasteiger partial charge < -0.3 is 10.6 Å². The van der Waals surface area contributed by atoms with Gasteiger partial charge >= 0.3 is 0 Å². The number of benzene rings is 1. The minimum atomic E-state index is 0.410. The molecule has 0 bridgehead atoms. The summed E-state index contributed by atoms with van der Waals surface area (Å²) in [6, 6.07) is 4.93. The monoisotopic (exact) mass is 254 g/mol. The van der Waals surface area contributed by atoms with Crippen LogP contribution in [0.3, 0.4) is 0 Å². The summed E-state index contributed by atoms with van der Waals surface area (Å²) in [4.78, 5) is 0. The molecule has 1 aromatic carbocycles. The number of hydrogen-bond donors (Lipinski definition) is 2. The van der Waals surface area contributed by atoms with Gasteiger partial charge in [0.25, 0.3) is 0 Å². The number of anilines is 2. The normalized spacial score (nSPS) is 21.6. The third-order valence-corrected chi connectivity index (χ3v) is 4.79. The van der Waals surface area contributed by atoms with Crippen LogP contribution in [0.25, 0.3) is 11.1 Å². The molecule has 2 heteroatoms. The van der Waals surface area contributed by atoms with Gasteiger partial charge in [0.1, 0.15) is 0 Å². The summed E-state index contributed by atoms with van der Waals surface area (Å²) < 4.78 is 0. The second-order valence-electron chi connectivity index (χ2n) is 5.84. The molecule has 1 atom stereocenters. The van der Waals surface area contributed by atoms with Crippen LogP contribution in [0.1, 0.15) is 45.7 Å². The number of fused-ring (bicyclic) bond motifs is 3. The molecule has 19 heavy (non-hydrogen) atoms. The van der Waals surface area contributed by atoms with Crippen LogP contribution < -0.4 is 10.6 Å². The molecule has 0 aromatic heterocycles. The largest absolute Gasteiger partial charge is 0.379 e. The molecular formula is C17H22N2. The first kappa shape index (κ1) is 12.3. The van der Waals surface area contributed by atoms with E-state index in [9.17, 15) is 0 Å². The molecule has 1 unspecified atom stereocenters. The molecular weight excluding hydrogens is 232 g/mol. The van der Waals surface area contributed by atoms with E-state index < -0.39 is 0 Å². The number of allylic oxidation sites excluding steroid dienone is 2. The Morgan fingerprint density at radius 3 is 2.26 bits per heavy atom. The SMILES string of the molecule is CC1=C(C)c2ccc3c(c2NC1)NC(C)C(C)=C3C. The van der Waals surface area contributed by atoms with E-state index in [2.05, 4.69) is 57.4 Å². The zero-order valence-corrected chi connectivity index (χ0v) is 12.4. The topological polar surface area (TPSA) is 24.1 Å². The first-order valence-electron chi connectivity index (χ1n) is 7.02. The Hall–Kier alpha value is -1.70. The van der Waals surface area contributed by atoms with Crippen molar-refractivity contribution in [2.45, 2.75) is 40.7 Å². The Balaban J connectivity index is 2.25. The molecule has 0 aliphatic carbocycles. The summed E-state index contributed by atoms with van der Waals surface area (Å²) in [7, 11) is 0. The van der Waals surface area contributed by atoms with Crippen molar-refractivity contribution in [1.29, 1.82) is 0 Å². The van der Waals surface area contributed by atoms with E-state index in [-0.39, 0.29) is 0 Å². The van der Waals surface area contributed by atoms with E-state index in [1.165, 1.54) is 44.8 Å². The molecule has 0 saturated carbocycles. The molecule has 3 rings (SSSR count). The van der Waals surface area contributed by atoms with Crippen LogP contribution in [-0.2, 0) is 0 Å². The fourth-order valence-electron chi connectivity index (χ4n) is 3.01. The zero-order valence-electron chi connectivity index (χ0n) is 12.4. The maximum absolute atomic E-state index is 3.66. The highest BCUT2D eigenvalue weighted by Crippen LogP contribution is 2.43. The molecule has 2 heterocycles. The summed E-state index contributed by atoms with van der Waals surface area (Å²) in [5.74, 6) is 0. The van der Waals surface area contributed by atoms with Crippen molar-refractivity contribution in [3.05, 3.63) is 34.4 Å². The minimum absolute atomic E-state index is 0.410. The molecule has 0 amide bonds. The van der Waals surface area contributed by atoms with Gasteiger partial charge in [0, 0.05) is 23.7 Å². The van der Waals surface area contributed by atoms with Crippen LogP contribution in [0.2, 0.25) is 0 Å². The molecule has 2 nitrogen and oxygen atoms in total. The Labute approximate surface area is 115 Å². The lowest BCUT2D eigenvalue weighted by Gasteiger charge is -2.32. The Kier molecular flexibility index (Phi) is 2.70. The summed E-state index contributed by atoms with van der Waals surface area (Å²) in [5.41, 5.74) is 10.9. The van der Waals surface area contributed by atoms with Crippen LogP contribution in [0.4, 0.5) is 11.4 Å². The molecule has 0 spiro atoms. The van der Waals surface area contributed by atoms with Gasteiger partial charge in [0.2, 0.25) is 0 Å². The highest BCUT2D eigenvalue weighted by atomic mass is 15.0. The van der Waals surface area contributed by atoms with E-state index in [0.29, 0.717) is 6.04 Å². The van der Waals surface area contributed by atoms with Crippen LogP contribution in [0, 0.1) is 0 Å². The lowest BCUT2D eigenvalue weighted by Crippen LogP contribution is -2.25. The van der Waals surface area contributed by atoms with Crippen LogP contribution in [0.5, 0.6) is 0 Å². The second kappa shape index (κ2) is 4.16. The summed E-state index contributed by atoms with van der Waals surface area (Å²) >= 11 is 0. The predicted molar refractivity (Wildman–Crippen MR) is 84.6 cm³/mol. The van der Waals surface area contributed by atoms with Crippen molar-refractivity contribution in [2.75, 3.05) is 17.2 Å². The lowest BCUT2D eigenvalue weighted by molar-refractivity contribution is 0.910. The fraction of sp³-hybridized carbons (Fsp3) is 0.412. The molecule has 100 valence electrons. The standard InChI is InChI=1S/C17H22N2/c1-9-8-18-16-14(10(9)2)6-7-15-12(4)11(3)13(5)19-17(15)16/h6-7,13,18-19H,8H2,1-5H3. The van der Waals surface area contributed by atoms with Crippen molar-refractivity contribution >= 4 is 22.5 Å². The van der Waals surface area contributed by atoms with Gasteiger partial charge in [-0.15, -0.1) is 0 Å². The Morgan fingerprint density at radius 1 is 0.947 bits per heavy atom. The van der Waals surface area contributed by atoms with Gasteiger partial charge in [-0.2, -0.15) is 0 Å². The lowest BCUT2D eigenvalue weighted by atomic mass is 9.87. The van der Waals surface area contributed by atoms with Crippen molar-refractivity contribution in [3.63, 3.8) is 0 Å². The first-order valence-corrected chi connectivity index (χ1v) is 7.02. The van der Waals surface area contributed by atoms with Crippen LogP contribution in [0.15, 0.2) is 23.3 Å². The third-order valence-electron chi connectivity index (χ3n) is 4.79. The summed E-state index contributed by atoms with van der Waals surface area (Å²) in [6.45, 7) is 12.1. The van der Waals surface area contributed by atoms with Gasteiger partial charge in [-0.25, -0.2) is 0 Å². The van der Waals surface area contributed by atoms with Gasteiger partial charge in [0.05, 0.1) is 11.4 Å². The average molecular weight is 254 g/mol. The van der Waals surface area contributed by atoms with Gasteiger partial charge in [0.15, 0.2) is 0 Å². The highest BCUT2D eigenvalue weighted by Gasteiger charge is 2.24. The second-order valence-corrected chi connectivity index (χ2v) is 5.84. The maximum atomic E-state index is 3.66. The number of nitrogens with one attached hydrogen (secondary N) is 2. The number of hydrogen-bond acceptors (Lipinski definition) is 2. The van der Waals surface area contributed by atoms with E-state index in [1.807, 2.05) is 0 Å². The van der Waals surface area contributed by atoms with Crippen LogP contribution >= 0.6 is 0 Å². The number of rotatable bonds is 0. The van der Waals surface area contributed by atoms with Gasteiger partial charge in [-0.3, -0.25) is 0 Å². The molecule has 0 radical (unpaired) electrons. The minimum Gasteiger partial charge on any atom is -0.379 e. The van der Waals surface area contributed by atoms with E-state index in [0.717, 1.165) is 6.54 Å². The molecule has 0 saturated heterocycles. The van der Waals surface area contributed by atoms with E-state index in [4.69, 9.17) is 0 Å². The van der Waals surface area contributed by atoms with Crippen molar-refractivity contribution < 1.29 is 0 Å².